The summed E-state index contributed by atoms with van der Waals surface area (Å²) >= 11 is 1.59. The molecule has 5 aromatic rings. The van der Waals surface area contributed by atoms with Crippen LogP contribution < -0.4 is 10.5 Å². The van der Waals surface area contributed by atoms with Gasteiger partial charge >= 0.3 is 0 Å². The smallest absolute Gasteiger partial charge is 0.238 e. The Bertz CT molecular complexity index is 1520. The van der Waals surface area contributed by atoms with Crippen LogP contribution in [0.5, 0.6) is 0 Å². The summed E-state index contributed by atoms with van der Waals surface area (Å²) in [5.41, 5.74) is 4.02. The van der Waals surface area contributed by atoms with E-state index in [9.17, 15) is 8.42 Å². The Morgan fingerprint density at radius 2 is 1.45 bits per heavy atom. The fourth-order valence-corrected chi connectivity index (χ4v) is 5.06. The van der Waals surface area contributed by atoms with E-state index in [1.165, 1.54) is 12.1 Å². The molecule has 164 valence electrons. The van der Waals surface area contributed by atoms with Crippen molar-refractivity contribution in [2.24, 2.45) is 5.14 Å². The molecule has 0 atom stereocenters. The summed E-state index contributed by atoms with van der Waals surface area (Å²) < 4.78 is 23.1. The first kappa shape index (κ1) is 21.3. The molecule has 33 heavy (non-hydrogen) atoms. The molecule has 0 aliphatic heterocycles. The van der Waals surface area contributed by atoms with Crippen LogP contribution in [0.3, 0.4) is 0 Å². The fraction of sp³-hybridized carbons (Fsp3) is 0.0400. The number of nitrogens with one attached hydrogen (secondary N) is 1. The average molecular weight is 473 g/mol. The molecule has 0 saturated carbocycles. The first-order valence-electron chi connectivity index (χ1n) is 10.2. The predicted octanol–water partition coefficient (Wildman–Crippen LogP) is 5.28. The Morgan fingerprint density at radius 1 is 0.818 bits per heavy atom. The third kappa shape index (κ3) is 4.49. The lowest BCUT2D eigenvalue weighted by atomic mass is 10.1. The molecule has 0 unspecified atom stereocenters. The summed E-state index contributed by atoms with van der Waals surface area (Å²) in [6, 6.07) is 26.5. The SMILES string of the molecule is NS(=O)(=O)c1ccc(CNc2nc(-c3ccccc3)nc3scc(-c4ccccc4)c23)cc1. The maximum atomic E-state index is 11.5. The van der Waals surface area contributed by atoms with Crippen LogP contribution in [-0.2, 0) is 16.6 Å². The quantitative estimate of drug-likeness (QED) is 0.350. The van der Waals surface area contributed by atoms with E-state index in [1.807, 2.05) is 48.5 Å². The molecule has 3 N–H and O–H groups in total. The largest absolute Gasteiger partial charge is 0.365 e. The molecule has 8 heteroatoms. The van der Waals surface area contributed by atoms with Crippen LogP contribution in [-0.4, -0.2) is 18.4 Å². The third-order valence-electron chi connectivity index (χ3n) is 5.26. The molecular formula is C25H20N4O2S2. The summed E-state index contributed by atoms with van der Waals surface area (Å²) in [5.74, 6) is 1.38. The number of thiophene rings is 1. The average Bonchev–Trinajstić information content (AvgIpc) is 3.28. The van der Waals surface area contributed by atoms with Crippen molar-refractivity contribution in [1.29, 1.82) is 0 Å². The Kier molecular flexibility index (Phi) is 5.63. The van der Waals surface area contributed by atoms with Crippen molar-refractivity contribution in [1.82, 2.24) is 9.97 Å². The van der Waals surface area contributed by atoms with Gasteiger partial charge in [0.1, 0.15) is 10.6 Å². The van der Waals surface area contributed by atoms with Gasteiger partial charge in [0.05, 0.1) is 10.3 Å². The van der Waals surface area contributed by atoms with Crippen molar-refractivity contribution in [2.75, 3.05) is 5.32 Å². The Hall–Kier alpha value is -3.59. The van der Waals surface area contributed by atoms with E-state index in [0.29, 0.717) is 12.4 Å². The van der Waals surface area contributed by atoms with E-state index in [2.05, 4.69) is 22.8 Å². The molecule has 5 rings (SSSR count). The van der Waals surface area contributed by atoms with Gasteiger partial charge in [0.2, 0.25) is 10.0 Å². The fourth-order valence-electron chi connectivity index (χ4n) is 3.60. The van der Waals surface area contributed by atoms with E-state index in [-0.39, 0.29) is 4.90 Å². The number of fused-ring (bicyclic) bond motifs is 1. The lowest BCUT2D eigenvalue weighted by Crippen LogP contribution is -2.12. The van der Waals surface area contributed by atoms with Crippen LogP contribution in [0, 0.1) is 0 Å². The van der Waals surface area contributed by atoms with Gasteiger partial charge in [-0.2, -0.15) is 0 Å². The highest BCUT2D eigenvalue weighted by atomic mass is 32.2. The molecule has 0 amide bonds. The minimum absolute atomic E-state index is 0.0891. The van der Waals surface area contributed by atoms with Gasteiger partial charge in [0, 0.05) is 23.1 Å². The number of hydrogen-bond donors (Lipinski definition) is 2. The second kappa shape index (κ2) is 8.74. The van der Waals surface area contributed by atoms with Gasteiger partial charge in [-0.1, -0.05) is 72.8 Å². The molecule has 3 aromatic carbocycles. The second-order valence-corrected chi connectivity index (χ2v) is 9.92. The molecule has 0 spiro atoms. The van der Waals surface area contributed by atoms with Gasteiger partial charge in [-0.15, -0.1) is 11.3 Å². The number of sulfonamides is 1. The topological polar surface area (TPSA) is 98.0 Å². The highest BCUT2D eigenvalue weighted by Gasteiger charge is 2.16. The highest BCUT2D eigenvalue weighted by Crippen LogP contribution is 2.38. The van der Waals surface area contributed by atoms with E-state index >= 15 is 0 Å². The first-order chi connectivity index (χ1) is 16.0. The number of nitrogens with zero attached hydrogens (tertiary/aromatic N) is 2. The zero-order chi connectivity index (χ0) is 22.8. The van der Waals surface area contributed by atoms with Gasteiger partial charge in [-0.3, -0.25) is 0 Å². The van der Waals surface area contributed by atoms with Gasteiger partial charge in [0.15, 0.2) is 5.82 Å². The van der Waals surface area contributed by atoms with E-state index in [1.54, 1.807) is 23.5 Å². The lowest BCUT2D eigenvalue weighted by molar-refractivity contribution is 0.598. The first-order valence-corrected chi connectivity index (χ1v) is 12.7. The van der Waals surface area contributed by atoms with Crippen molar-refractivity contribution < 1.29 is 8.42 Å². The van der Waals surface area contributed by atoms with Crippen molar-refractivity contribution >= 4 is 37.4 Å². The van der Waals surface area contributed by atoms with Crippen LogP contribution in [0.4, 0.5) is 5.82 Å². The van der Waals surface area contributed by atoms with E-state index in [0.717, 1.165) is 38.3 Å². The highest BCUT2D eigenvalue weighted by molar-refractivity contribution is 7.89. The number of benzene rings is 3. The van der Waals surface area contributed by atoms with Crippen molar-refractivity contribution in [3.05, 3.63) is 95.9 Å². The molecule has 0 aliphatic carbocycles. The molecule has 0 bridgehead atoms. The summed E-state index contributed by atoms with van der Waals surface area (Å²) in [4.78, 5) is 10.7. The van der Waals surface area contributed by atoms with E-state index in [4.69, 9.17) is 15.1 Å². The monoisotopic (exact) mass is 472 g/mol. The Morgan fingerprint density at radius 3 is 2.09 bits per heavy atom. The van der Waals surface area contributed by atoms with Crippen LogP contribution in [0.25, 0.3) is 32.7 Å². The summed E-state index contributed by atoms with van der Waals surface area (Å²) in [6.45, 7) is 0.468. The van der Waals surface area contributed by atoms with Gasteiger partial charge in [-0.25, -0.2) is 23.5 Å². The number of nitrogens with two attached hydrogens (primary N) is 1. The van der Waals surface area contributed by atoms with Crippen molar-refractivity contribution in [3.63, 3.8) is 0 Å². The molecule has 0 fully saturated rings. The third-order valence-corrected chi connectivity index (χ3v) is 7.06. The van der Waals surface area contributed by atoms with E-state index < -0.39 is 10.0 Å². The van der Waals surface area contributed by atoms with Gasteiger partial charge in [0.25, 0.3) is 0 Å². The number of primary sulfonamides is 1. The molecule has 2 heterocycles. The predicted molar refractivity (Wildman–Crippen MR) is 133 cm³/mol. The maximum absolute atomic E-state index is 11.5. The minimum Gasteiger partial charge on any atom is -0.365 e. The van der Waals surface area contributed by atoms with Crippen molar-refractivity contribution in [3.8, 4) is 22.5 Å². The molecule has 0 radical (unpaired) electrons. The summed E-state index contributed by atoms with van der Waals surface area (Å²) in [6.07, 6.45) is 0. The second-order valence-electron chi connectivity index (χ2n) is 7.50. The van der Waals surface area contributed by atoms with Crippen LogP contribution in [0.1, 0.15) is 5.56 Å². The standard InChI is InChI=1S/C25H20N4O2S2/c26-33(30,31)20-13-11-17(12-14-20)15-27-24-22-21(18-7-3-1-4-8-18)16-32-25(22)29-23(28-24)19-9-5-2-6-10-19/h1-14,16H,15H2,(H2,26,30,31)(H,27,28,29). The minimum atomic E-state index is -3.72. The number of anilines is 1. The molecule has 0 saturated heterocycles. The van der Waals surface area contributed by atoms with Crippen LogP contribution in [0.15, 0.2) is 95.2 Å². The normalized spacial score (nSPS) is 11.5. The lowest BCUT2D eigenvalue weighted by Gasteiger charge is -2.11. The molecule has 6 nitrogen and oxygen atoms in total. The zero-order valence-corrected chi connectivity index (χ0v) is 19.1. The number of aromatic nitrogens is 2. The summed E-state index contributed by atoms with van der Waals surface area (Å²) in [5, 5.41) is 11.7. The van der Waals surface area contributed by atoms with Crippen molar-refractivity contribution in [2.45, 2.75) is 11.4 Å². The zero-order valence-electron chi connectivity index (χ0n) is 17.5. The maximum Gasteiger partial charge on any atom is 0.238 e. The van der Waals surface area contributed by atoms with Gasteiger partial charge < -0.3 is 5.32 Å². The van der Waals surface area contributed by atoms with Crippen LogP contribution in [0.2, 0.25) is 0 Å². The number of hydrogen-bond acceptors (Lipinski definition) is 6. The molecular weight excluding hydrogens is 452 g/mol. The summed E-state index contributed by atoms with van der Waals surface area (Å²) in [7, 11) is -3.72. The Labute approximate surface area is 195 Å². The molecule has 0 aliphatic rings. The van der Waals surface area contributed by atoms with Crippen LogP contribution >= 0.6 is 11.3 Å². The molecule has 2 aromatic heterocycles. The van der Waals surface area contributed by atoms with Gasteiger partial charge in [-0.05, 0) is 23.3 Å². The Balaban J connectivity index is 1.56. The number of rotatable bonds is 6.